The first-order valence-electron chi connectivity index (χ1n) is 6.38. The van der Waals surface area contributed by atoms with Gasteiger partial charge >= 0.3 is 0 Å². The van der Waals surface area contributed by atoms with Crippen LogP contribution in [0.2, 0.25) is 0 Å². The minimum absolute atomic E-state index is 0.212. The van der Waals surface area contributed by atoms with Crippen LogP contribution in [0.4, 0.5) is 0 Å². The van der Waals surface area contributed by atoms with Gasteiger partial charge in [0.15, 0.2) is 11.5 Å². The summed E-state index contributed by atoms with van der Waals surface area (Å²) in [5.74, 6) is 1.15. The average molecular weight is 264 g/mol. The predicted molar refractivity (Wildman–Crippen MR) is 72.2 cm³/mol. The minimum Gasteiger partial charge on any atom is -0.493 e. The van der Waals surface area contributed by atoms with Crippen LogP contribution in [-0.4, -0.2) is 32.2 Å². The zero-order valence-corrected chi connectivity index (χ0v) is 11.3. The first-order chi connectivity index (χ1) is 9.14. The third kappa shape index (κ3) is 2.66. The fraction of sp³-hybridized carbons (Fsp3) is 0.500. The number of para-hydroxylation sites is 2. The summed E-state index contributed by atoms with van der Waals surface area (Å²) in [6, 6.07) is 7.36. The molecule has 1 unspecified atom stereocenters. The zero-order valence-electron chi connectivity index (χ0n) is 11.3. The number of nitrogens with two attached hydrogens (primary N) is 1. The van der Waals surface area contributed by atoms with Gasteiger partial charge in [-0.1, -0.05) is 12.1 Å². The van der Waals surface area contributed by atoms with Crippen molar-refractivity contribution in [1.82, 2.24) is 5.32 Å². The maximum absolute atomic E-state index is 11.8. The summed E-state index contributed by atoms with van der Waals surface area (Å²) < 4.78 is 11.0. The molecule has 104 valence electrons. The van der Waals surface area contributed by atoms with Crippen LogP contribution in [0.1, 0.15) is 12.8 Å². The van der Waals surface area contributed by atoms with E-state index in [0.29, 0.717) is 11.5 Å². The molecule has 1 aliphatic rings. The number of primary amides is 1. The van der Waals surface area contributed by atoms with Crippen LogP contribution in [0.15, 0.2) is 24.3 Å². The number of hydrogen-bond acceptors (Lipinski definition) is 4. The Balaban J connectivity index is 2.13. The molecule has 0 saturated heterocycles. The molecule has 3 N–H and O–H groups in total. The number of carbonyl (C=O) groups excluding carboxylic acids is 1. The van der Waals surface area contributed by atoms with Gasteiger partial charge in [-0.3, -0.25) is 4.79 Å². The summed E-state index contributed by atoms with van der Waals surface area (Å²) in [7, 11) is 3.33. The van der Waals surface area contributed by atoms with Crippen LogP contribution < -0.4 is 20.5 Å². The van der Waals surface area contributed by atoms with Crippen molar-refractivity contribution in [2.75, 3.05) is 20.8 Å². The van der Waals surface area contributed by atoms with Gasteiger partial charge in [0.25, 0.3) is 0 Å². The van der Waals surface area contributed by atoms with Crippen molar-refractivity contribution < 1.29 is 14.3 Å². The maximum Gasteiger partial charge on any atom is 0.241 e. The number of hydrogen-bond donors (Lipinski definition) is 2. The van der Waals surface area contributed by atoms with E-state index in [1.165, 1.54) is 0 Å². The summed E-state index contributed by atoms with van der Waals surface area (Å²) in [5, 5.41) is 3.04. The number of carbonyl (C=O) groups is 1. The number of nitrogens with one attached hydrogen (secondary N) is 1. The Morgan fingerprint density at radius 3 is 2.53 bits per heavy atom. The lowest BCUT2D eigenvalue weighted by Gasteiger charge is -2.30. The average Bonchev–Trinajstić information content (AvgIpc) is 3.25. The van der Waals surface area contributed by atoms with Gasteiger partial charge in [-0.25, -0.2) is 0 Å². The molecule has 0 aliphatic heterocycles. The molecule has 0 bridgehead atoms. The summed E-state index contributed by atoms with van der Waals surface area (Å²) in [6.45, 7) is 0.212. The fourth-order valence-corrected chi connectivity index (χ4v) is 2.30. The van der Waals surface area contributed by atoms with Crippen molar-refractivity contribution in [2.45, 2.75) is 18.4 Å². The molecule has 0 aromatic heterocycles. The van der Waals surface area contributed by atoms with Crippen molar-refractivity contribution in [2.24, 2.45) is 11.7 Å². The highest BCUT2D eigenvalue weighted by Crippen LogP contribution is 2.40. The molecule has 1 saturated carbocycles. The molecule has 19 heavy (non-hydrogen) atoms. The summed E-state index contributed by atoms with van der Waals surface area (Å²) in [4.78, 5) is 11.8. The Kier molecular flexibility index (Phi) is 3.95. The Hall–Kier alpha value is -1.75. The van der Waals surface area contributed by atoms with Crippen molar-refractivity contribution >= 4 is 5.91 Å². The van der Waals surface area contributed by atoms with Crippen LogP contribution in [-0.2, 0) is 4.79 Å². The van der Waals surface area contributed by atoms with Gasteiger partial charge < -0.3 is 20.5 Å². The van der Waals surface area contributed by atoms with E-state index in [1.54, 1.807) is 14.2 Å². The highest BCUT2D eigenvalue weighted by atomic mass is 16.5. The molecule has 0 heterocycles. The number of ether oxygens (including phenoxy) is 2. The molecule has 5 heteroatoms. The highest BCUT2D eigenvalue weighted by Gasteiger charge is 2.49. The molecule has 5 nitrogen and oxygen atoms in total. The van der Waals surface area contributed by atoms with Crippen LogP contribution in [0, 0.1) is 5.92 Å². The lowest BCUT2D eigenvalue weighted by Crippen LogP contribution is -2.59. The molecule has 1 aliphatic carbocycles. The van der Waals surface area contributed by atoms with Crippen LogP contribution in [0.3, 0.4) is 0 Å². The van der Waals surface area contributed by atoms with E-state index in [2.05, 4.69) is 5.32 Å². The Labute approximate surface area is 113 Å². The molecule has 1 aromatic rings. The molecule has 2 rings (SSSR count). The maximum atomic E-state index is 11.8. The number of likely N-dealkylation sites (N-methyl/N-ethyl adjacent to an activating group) is 1. The van der Waals surface area contributed by atoms with Crippen molar-refractivity contribution in [1.29, 1.82) is 0 Å². The van der Waals surface area contributed by atoms with Gasteiger partial charge in [-0.05, 0) is 37.9 Å². The number of benzene rings is 1. The van der Waals surface area contributed by atoms with Gasteiger partial charge in [-0.2, -0.15) is 0 Å². The van der Waals surface area contributed by atoms with Gasteiger partial charge in [0.1, 0.15) is 12.1 Å². The molecule has 1 atom stereocenters. The molecule has 1 aromatic carbocycles. The van der Waals surface area contributed by atoms with Gasteiger partial charge in [0.2, 0.25) is 5.91 Å². The molecular formula is C14H20N2O3. The standard InChI is InChI=1S/C14H20N2O3/c1-16-14(13(15)17,10-7-8-10)9-19-12-6-4-3-5-11(12)18-2/h3-6,10,16H,7-9H2,1-2H3,(H2,15,17). The van der Waals surface area contributed by atoms with Gasteiger partial charge in [0, 0.05) is 0 Å². The SMILES string of the molecule is CNC(COc1ccccc1OC)(C(N)=O)C1CC1. The summed E-state index contributed by atoms with van der Waals surface area (Å²) in [6.07, 6.45) is 2.00. The van der Waals surface area contributed by atoms with Crippen molar-refractivity contribution in [3.05, 3.63) is 24.3 Å². The Morgan fingerprint density at radius 1 is 1.42 bits per heavy atom. The number of amides is 1. The van der Waals surface area contributed by atoms with E-state index in [4.69, 9.17) is 15.2 Å². The summed E-state index contributed by atoms with van der Waals surface area (Å²) >= 11 is 0. The largest absolute Gasteiger partial charge is 0.493 e. The van der Waals surface area contributed by atoms with E-state index in [-0.39, 0.29) is 18.4 Å². The zero-order chi connectivity index (χ0) is 13.9. The summed E-state index contributed by atoms with van der Waals surface area (Å²) in [5.41, 5.74) is 4.75. The van der Waals surface area contributed by atoms with E-state index >= 15 is 0 Å². The van der Waals surface area contributed by atoms with E-state index in [9.17, 15) is 4.79 Å². The van der Waals surface area contributed by atoms with Crippen molar-refractivity contribution in [3.63, 3.8) is 0 Å². The minimum atomic E-state index is -0.791. The molecule has 1 amide bonds. The van der Waals surface area contributed by atoms with Crippen molar-refractivity contribution in [3.8, 4) is 11.5 Å². The lowest BCUT2D eigenvalue weighted by atomic mass is 9.93. The van der Waals surface area contributed by atoms with E-state index < -0.39 is 5.54 Å². The Bertz CT molecular complexity index is 460. The first-order valence-corrected chi connectivity index (χ1v) is 6.38. The highest BCUT2D eigenvalue weighted by molar-refractivity contribution is 5.85. The molecule has 0 radical (unpaired) electrons. The van der Waals surface area contributed by atoms with Gasteiger partial charge in [-0.15, -0.1) is 0 Å². The number of rotatable bonds is 7. The molecule has 0 spiro atoms. The smallest absolute Gasteiger partial charge is 0.241 e. The Morgan fingerprint density at radius 2 is 2.05 bits per heavy atom. The quantitative estimate of drug-likeness (QED) is 0.768. The van der Waals surface area contributed by atoms with Gasteiger partial charge in [0.05, 0.1) is 7.11 Å². The van der Waals surface area contributed by atoms with E-state index in [1.807, 2.05) is 24.3 Å². The van der Waals surface area contributed by atoms with Crippen LogP contribution in [0.25, 0.3) is 0 Å². The normalized spacial score (nSPS) is 17.6. The molecular weight excluding hydrogens is 244 g/mol. The molecule has 1 fully saturated rings. The third-order valence-corrected chi connectivity index (χ3v) is 3.68. The fourth-order valence-electron chi connectivity index (χ4n) is 2.30. The monoisotopic (exact) mass is 264 g/mol. The van der Waals surface area contributed by atoms with E-state index in [0.717, 1.165) is 12.8 Å². The second-order valence-corrected chi connectivity index (χ2v) is 4.80. The predicted octanol–water partition coefficient (Wildman–Crippen LogP) is 0.927. The van der Waals surface area contributed by atoms with Crippen LogP contribution >= 0.6 is 0 Å². The topological polar surface area (TPSA) is 73.6 Å². The van der Waals surface area contributed by atoms with Crippen LogP contribution in [0.5, 0.6) is 11.5 Å². The third-order valence-electron chi connectivity index (χ3n) is 3.68. The second-order valence-electron chi connectivity index (χ2n) is 4.80. The first kappa shape index (κ1) is 13.7. The lowest BCUT2D eigenvalue weighted by molar-refractivity contribution is -0.126. The second kappa shape index (κ2) is 5.48. The number of methoxy groups -OCH3 is 1.